The van der Waals surface area contributed by atoms with Gasteiger partial charge in [-0.15, -0.1) is 0 Å². The minimum absolute atomic E-state index is 0.0678. The molecule has 0 unspecified atom stereocenters. The maximum absolute atomic E-state index is 8.84. The molecule has 6 heteroatoms. The standard InChI is InChI=1S/C14H22N4O2/c1-10-3-6-12(13(15)17-19)14(16-10)18(2)7-8-20-9-11-4-5-11/h3,6,11,19H,4-5,7-9H2,1-2H3,(H2,15,17). The van der Waals surface area contributed by atoms with E-state index in [0.29, 0.717) is 18.0 Å². The van der Waals surface area contributed by atoms with Gasteiger partial charge in [-0.05, 0) is 37.8 Å². The zero-order chi connectivity index (χ0) is 14.5. The van der Waals surface area contributed by atoms with Crippen molar-refractivity contribution in [2.75, 3.05) is 31.7 Å². The molecular formula is C14H22N4O2. The fraction of sp³-hybridized carbons (Fsp3) is 0.571. The van der Waals surface area contributed by atoms with E-state index in [2.05, 4.69) is 10.1 Å². The average Bonchev–Trinajstić information content (AvgIpc) is 3.26. The van der Waals surface area contributed by atoms with Crippen LogP contribution in [0.3, 0.4) is 0 Å². The van der Waals surface area contributed by atoms with Gasteiger partial charge in [-0.25, -0.2) is 4.98 Å². The molecule has 1 aromatic heterocycles. The maximum Gasteiger partial charge on any atom is 0.173 e. The minimum atomic E-state index is 0.0678. The van der Waals surface area contributed by atoms with Gasteiger partial charge in [0.2, 0.25) is 0 Å². The molecule has 0 atom stereocenters. The van der Waals surface area contributed by atoms with E-state index in [-0.39, 0.29) is 5.84 Å². The molecule has 0 spiro atoms. The van der Waals surface area contributed by atoms with Crippen molar-refractivity contribution < 1.29 is 9.94 Å². The van der Waals surface area contributed by atoms with Gasteiger partial charge >= 0.3 is 0 Å². The third-order valence-electron chi connectivity index (χ3n) is 3.38. The van der Waals surface area contributed by atoms with Gasteiger partial charge in [0.15, 0.2) is 5.84 Å². The smallest absolute Gasteiger partial charge is 0.173 e. The summed E-state index contributed by atoms with van der Waals surface area (Å²) in [5.74, 6) is 1.54. The highest BCUT2D eigenvalue weighted by Crippen LogP contribution is 2.28. The topological polar surface area (TPSA) is 84.0 Å². The molecule has 0 amide bonds. The maximum atomic E-state index is 8.84. The van der Waals surface area contributed by atoms with Crippen LogP contribution in [-0.4, -0.2) is 42.8 Å². The molecule has 2 rings (SSSR count). The third-order valence-corrected chi connectivity index (χ3v) is 3.38. The molecule has 0 aromatic carbocycles. The molecule has 0 aliphatic heterocycles. The SMILES string of the molecule is Cc1ccc(/C(N)=N/O)c(N(C)CCOCC2CC2)n1. The molecule has 1 fully saturated rings. The number of hydrogen-bond acceptors (Lipinski definition) is 5. The number of anilines is 1. The van der Waals surface area contributed by atoms with Crippen LogP contribution in [0, 0.1) is 12.8 Å². The van der Waals surface area contributed by atoms with Gasteiger partial charge in [0.05, 0.1) is 12.2 Å². The first-order chi connectivity index (χ1) is 9.61. The highest BCUT2D eigenvalue weighted by atomic mass is 16.5. The van der Waals surface area contributed by atoms with Crippen LogP contribution >= 0.6 is 0 Å². The number of likely N-dealkylation sites (N-methyl/N-ethyl adjacent to an activating group) is 1. The third kappa shape index (κ3) is 3.84. The van der Waals surface area contributed by atoms with Crippen molar-refractivity contribution in [2.24, 2.45) is 16.8 Å². The summed E-state index contributed by atoms with van der Waals surface area (Å²) in [5, 5.41) is 11.9. The van der Waals surface area contributed by atoms with E-state index >= 15 is 0 Å². The number of nitrogens with two attached hydrogens (primary N) is 1. The van der Waals surface area contributed by atoms with Crippen LogP contribution in [0.5, 0.6) is 0 Å². The van der Waals surface area contributed by atoms with Crippen LogP contribution in [-0.2, 0) is 4.74 Å². The largest absolute Gasteiger partial charge is 0.409 e. The highest BCUT2D eigenvalue weighted by molar-refractivity contribution is 6.01. The Morgan fingerprint density at radius 3 is 2.95 bits per heavy atom. The molecule has 1 aliphatic rings. The Balaban J connectivity index is 1.98. The Hall–Kier alpha value is -1.82. The zero-order valence-electron chi connectivity index (χ0n) is 12.0. The minimum Gasteiger partial charge on any atom is -0.409 e. The lowest BCUT2D eigenvalue weighted by atomic mass is 10.2. The Kier molecular flexibility index (Phi) is 4.79. The molecule has 1 heterocycles. The van der Waals surface area contributed by atoms with Gasteiger partial charge in [-0.2, -0.15) is 0 Å². The molecule has 0 bridgehead atoms. The van der Waals surface area contributed by atoms with Gasteiger partial charge < -0.3 is 20.6 Å². The number of ether oxygens (including phenoxy) is 1. The van der Waals surface area contributed by atoms with E-state index in [1.54, 1.807) is 0 Å². The van der Waals surface area contributed by atoms with Crippen LogP contribution in [0.25, 0.3) is 0 Å². The van der Waals surface area contributed by atoms with Crippen molar-refractivity contribution in [1.82, 2.24) is 4.98 Å². The van der Waals surface area contributed by atoms with Crippen LogP contribution in [0.1, 0.15) is 24.1 Å². The quantitative estimate of drug-likeness (QED) is 0.258. The molecule has 6 nitrogen and oxygen atoms in total. The predicted molar refractivity (Wildman–Crippen MR) is 78.3 cm³/mol. The van der Waals surface area contributed by atoms with E-state index < -0.39 is 0 Å². The van der Waals surface area contributed by atoms with Gasteiger partial charge in [-0.1, -0.05) is 5.16 Å². The fourth-order valence-electron chi connectivity index (χ4n) is 1.93. The average molecular weight is 278 g/mol. The summed E-state index contributed by atoms with van der Waals surface area (Å²) < 4.78 is 5.63. The van der Waals surface area contributed by atoms with Gasteiger partial charge in [0.25, 0.3) is 0 Å². The van der Waals surface area contributed by atoms with Crippen molar-refractivity contribution in [1.29, 1.82) is 0 Å². The predicted octanol–water partition coefficient (Wildman–Crippen LogP) is 1.35. The normalized spacial score (nSPS) is 15.4. The summed E-state index contributed by atoms with van der Waals surface area (Å²) in [5.41, 5.74) is 7.20. The van der Waals surface area contributed by atoms with E-state index in [9.17, 15) is 0 Å². The van der Waals surface area contributed by atoms with Crippen molar-refractivity contribution in [3.8, 4) is 0 Å². The number of rotatable bonds is 7. The summed E-state index contributed by atoms with van der Waals surface area (Å²) in [6.45, 7) is 4.13. The molecule has 110 valence electrons. The van der Waals surface area contributed by atoms with E-state index in [0.717, 1.165) is 24.8 Å². The summed E-state index contributed by atoms with van der Waals surface area (Å²) >= 11 is 0. The molecule has 0 radical (unpaired) electrons. The summed E-state index contributed by atoms with van der Waals surface area (Å²) in [6.07, 6.45) is 2.59. The lowest BCUT2D eigenvalue weighted by molar-refractivity contribution is 0.131. The number of oxime groups is 1. The fourth-order valence-corrected chi connectivity index (χ4v) is 1.93. The van der Waals surface area contributed by atoms with Crippen molar-refractivity contribution in [3.63, 3.8) is 0 Å². The molecule has 1 saturated carbocycles. The van der Waals surface area contributed by atoms with Crippen molar-refractivity contribution >= 4 is 11.7 Å². The Bertz CT molecular complexity index is 486. The van der Waals surface area contributed by atoms with Gasteiger partial charge in [0.1, 0.15) is 5.82 Å². The highest BCUT2D eigenvalue weighted by Gasteiger charge is 2.21. The van der Waals surface area contributed by atoms with Crippen LogP contribution in [0.15, 0.2) is 17.3 Å². The second-order valence-corrected chi connectivity index (χ2v) is 5.25. The first-order valence-corrected chi connectivity index (χ1v) is 6.86. The number of aryl methyl sites for hydroxylation is 1. The van der Waals surface area contributed by atoms with Gasteiger partial charge in [0, 0.05) is 25.9 Å². The molecule has 1 aromatic rings. The Morgan fingerprint density at radius 1 is 1.55 bits per heavy atom. The van der Waals surface area contributed by atoms with Crippen LogP contribution in [0.4, 0.5) is 5.82 Å². The van der Waals surface area contributed by atoms with Crippen molar-refractivity contribution in [3.05, 3.63) is 23.4 Å². The molecule has 20 heavy (non-hydrogen) atoms. The number of aromatic nitrogens is 1. The van der Waals surface area contributed by atoms with Gasteiger partial charge in [-0.3, -0.25) is 0 Å². The van der Waals surface area contributed by atoms with E-state index in [1.165, 1.54) is 12.8 Å². The molecule has 0 saturated heterocycles. The summed E-state index contributed by atoms with van der Waals surface area (Å²) in [6, 6.07) is 3.66. The summed E-state index contributed by atoms with van der Waals surface area (Å²) in [4.78, 5) is 6.43. The lowest BCUT2D eigenvalue weighted by Gasteiger charge is -2.21. The second-order valence-electron chi connectivity index (χ2n) is 5.25. The second kappa shape index (κ2) is 6.56. The number of amidine groups is 1. The summed E-state index contributed by atoms with van der Waals surface area (Å²) in [7, 11) is 1.93. The van der Waals surface area contributed by atoms with Crippen LogP contribution in [0.2, 0.25) is 0 Å². The number of nitrogens with zero attached hydrogens (tertiary/aromatic N) is 3. The molecular weight excluding hydrogens is 256 g/mol. The number of pyridine rings is 1. The van der Waals surface area contributed by atoms with Crippen molar-refractivity contribution in [2.45, 2.75) is 19.8 Å². The molecule has 1 aliphatic carbocycles. The number of hydrogen-bond donors (Lipinski definition) is 2. The Morgan fingerprint density at radius 2 is 2.30 bits per heavy atom. The monoisotopic (exact) mass is 278 g/mol. The van der Waals surface area contributed by atoms with E-state index in [4.69, 9.17) is 15.7 Å². The van der Waals surface area contributed by atoms with E-state index in [1.807, 2.05) is 31.0 Å². The Labute approximate surface area is 119 Å². The van der Waals surface area contributed by atoms with Crippen LogP contribution < -0.4 is 10.6 Å². The zero-order valence-corrected chi connectivity index (χ0v) is 12.0. The molecule has 3 N–H and O–H groups in total. The lowest BCUT2D eigenvalue weighted by Crippen LogP contribution is -2.27. The first kappa shape index (κ1) is 14.6. The first-order valence-electron chi connectivity index (χ1n) is 6.86.